The molecule has 0 aliphatic heterocycles. The Balaban J connectivity index is 2.42. The number of halogens is 1. The highest BCUT2D eigenvalue weighted by Crippen LogP contribution is 2.30. The highest BCUT2D eigenvalue weighted by molar-refractivity contribution is 6.31. The van der Waals surface area contributed by atoms with Gasteiger partial charge in [-0.1, -0.05) is 23.7 Å². The number of methoxy groups -OCH3 is 1. The van der Waals surface area contributed by atoms with Gasteiger partial charge in [0.1, 0.15) is 0 Å². The van der Waals surface area contributed by atoms with E-state index in [1.54, 1.807) is 18.2 Å². The number of fused-ring (bicyclic) bond motifs is 5. The molecule has 104 valence electrons. The van der Waals surface area contributed by atoms with Crippen LogP contribution in [0.3, 0.4) is 0 Å². The van der Waals surface area contributed by atoms with Crippen LogP contribution >= 0.6 is 11.6 Å². The Labute approximate surface area is 124 Å². The molecule has 2 heterocycles. The lowest BCUT2D eigenvalue weighted by molar-refractivity contribution is 0.406. The summed E-state index contributed by atoms with van der Waals surface area (Å²) in [6.45, 7) is 0. The average Bonchev–Trinajstić information content (AvgIpc) is 2.86. The number of ether oxygens (including phenoxy) is 1. The van der Waals surface area contributed by atoms with E-state index in [1.165, 1.54) is 7.11 Å². The van der Waals surface area contributed by atoms with Crippen LogP contribution in [0.5, 0.6) is 5.75 Å². The van der Waals surface area contributed by atoms with E-state index in [0.29, 0.717) is 27.2 Å². The van der Waals surface area contributed by atoms with Crippen molar-refractivity contribution in [3.05, 3.63) is 57.7 Å². The van der Waals surface area contributed by atoms with Gasteiger partial charge in [0, 0.05) is 5.02 Å². The van der Waals surface area contributed by atoms with Gasteiger partial charge >= 0.3 is 0 Å². The van der Waals surface area contributed by atoms with Crippen molar-refractivity contribution in [3.63, 3.8) is 0 Å². The molecule has 0 fully saturated rings. The summed E-state index contributed by atoms with van der Waals surface area (Å²) in [5, 5.41) is 1.10. The van der Waals surface area contributed by atoms with E-state index in [1.807, 2.05) is 28.7 Å². The highest BCUT2D eigenvalue weighted by Gasteiger charge is 2.18. The molecule has 0 bridgehead atoms. The fourth-order valence-electron chi connectivity index (χ4n) is 2.66. The van der Waals surface area contributed by atoms with E-state index in [0.717, 1.165) is 5.52 Å². The van der Waals surface area contributed by atoms with Gasteiger partial charge < -0.3 is 9.15 Å². The third-order valence-electron chi connectivity index (χ3n) is 3.57. The lowest BCUT2D eigenvalue weighted by Gasteiger charge is -2.06. The maximum atomic E-state index is 12.5. The van der Waals surface area contributed by atoms with Gasteiger partial charge in [-0.3, -0.25) is 9.20 Å². The fourth-order valence-corrected chi connectivity index (χ4v) is 2.82. The molecule has 0 aliphatic rings. The van der Waals surface area contributed by atoms with Gasteiger partial charge in [-0.15, -0.1) is 0 Å². The van der Waals surface area contributed by atoms with Crippen molar-refractivity contribution in [1.82, 2.24) is 4.40 Å². The normalized spacial score (nSPS) is 11.5. The minimum atomic E-state index is -0.205. The average molecular weight is 300 g/mol. The number of pyridine rings is 1. The van der Waals surface area contributed by atoms with Gasteiger partial charge in [0.05, 0.1) is 23.5 Å². The topological polar surface area (TPSA) is 43.9 Å². The van der Waals surface area contributed by atoms with Gasteiger partial charge in [-0.2, -0.15) is 0 Å². The maximum absolute atomic E-state index is 12.5. The van der Waals surface area contributed by atoms with Crippen LogP contribution in [0.4, 0.5) is 0 Å². The number of hydrogen-bond donors (Lipinski definition) is 0. The Kier molecular flexibility index (Phi) is 2.50. The van der Waals surface area contributed by atoms with E-state index < -0.39 is 0 Å². The first kappa shape index (κ1) is 12.3. The minimum Gasteiger partial charge on any atom is -0.488 e. The first-order valence-electron chi connectivity index (χ1n) is 6.40. The van der Waals surface area contributed by atoms with Gasteiger partial charge in [-0.25, -0.2) is 0 Å². The van der Waals surface area contributed by atoms with Crippen LogP contribution in [0.1, 0.15) is 0 Å². The van der Waals surface area contributed by atoms with E-state index in [-0.39, 0.29) is 11.2 Å². The molecule has 5 heteroatoms. The van der Waals surface area contributed by atoms with E-state index in [4.69, 9.17) is 20.8 Å². The van der Waals surface area contributed by atoms with Crippen molar-refractivity contribution in [2.45, 2.75) is 0 Å². The molecule has 4 rings (SSSR count). The van der Waals surface area contributed by atoms with Crippen LogP contribution in [0.25, 0.3) is 27.7 Å². The summed E-state index contributed by atoms with van der Waals surface area (Å²) in [7, 11) is 1.46. The zero-order chi connectivity index (χ0) is 14.6. The van der Waals surface area contributed by atoms with Crippen LogP contribution in [0.2, 0.25) is 5.02 Å². The summed E-state index contributed by atoms with van der Waals surface area (Å²) in [6, 6.07) is 12.7. The molecule has 0 amide bonds. The Hall–Kier alpha value is -2.46. The Bertz CT molecular complexity index is 1060. The van der Waals surface area contributed by atoms with Crippen LogP contribution in [0, 0.1) is 0 Å². The standard InChI is InChI=1S/C16H10ClNO3/c1-20-15-14(19)10-7-6-9(17)8-12(10)18-11-4-2-3-5-13(11)21-16(15)18/h2-8H,1H3. The molecule has 0 N–H and O–H groups in total. The molecule has 2 aromatic carbocycles. The Morgan fingerprint density at radius 2 is 1.95 bits per heavy atom. The molecule has 4 aromatic rings. The van der Waals surface area contributed by atoms with Crippen molar-refractivity contribution in [1.29, 1.82) is 0 Å². The predicted octanol–water partition coefficient (Wildman–Crippen LogP) is 3.86. The van der Waals surface area contributed by atoms with Crippen molar-refractivity contribution in [2.75, 3.05) is 7.11 Å². The zero-order valence-corrected chi connectivity index (χ0v) is 11.8. The Morgan fingerprint density at radius 3 is 2.76 bits per heavy atom. The van der Waals surface area contributed by atoms with Crippen LogP contribution in [0.15, 0.2) is 51.7 Å². The van der Waals surface area contributed by atoms with Crippen molar-refractivity contribution in [3.8, 4) is 5.75 Å². The molecule has 0 atom stereocenters. The van der Waals surface area contributed by atoms with Crippen molar-refractivity contribution in [2.24, 2.45) is 0 Å². The van der Waals surface area contributed by atoms with E-state index >= 15 is 0 Å². The number of benzene rings is 2. The Morgan fingerprint density at radius 1 is 1.14 bits per heavy atom. The molecule has 2 aromatic heterocycles. The van der Waals surface area contributed by atoms with Crippen molar-refractivity contribution < 1.29 is 9.15 Å². The summed E-state index contributed by atoms with van der Waals surface area (Å²) in [6.07, 6.45) is 0. The third-order valence-corrected chi connectivity index (χ3v) is 3.80. The molecular formula is C16H10ClNO3. The van der Waals surface area contributed by atoms with Crippen LogP contribution in [-0.4, -0.2) is 11.5 Å². The molecule has 0 saturated carbocycles. The smallest absolute Gasteiger partial charge is 0.252 e. The molecule has 0 spiro atoms. The number of nitrogens with zero attached hydrogens (tertiary/aromatic N) is 1. The molecule has 4 nitrogen and oxygen atoms in total. The quantitative estimate of drug-likeness (QED) is 0.536. The molecule has 0 saturated heterocycles. The number of oxazole rings is 1. The van der Waals surface area contributed by atoms with Gasteiger partial charge in [0.2, 0.25) is 11.2 Å². The second kappa shape index (κ2) is 4.27. The van der Waals surface area contributed by atoms with Crippen LogP contribution in [-0.2, 0) is 0 Å². The summed E-state index contributed by atoms with van der Waals surface area (Å²) in [5.74, 6) is 0.195. The van der Waals surface area contributed by atoms with Gasteiger partial charge in [0.25, 0.3) is 5.71 Å². The molecular weight excluding hydrogens is 290 g/mol. The predicted molar refractivity (Wildman–Crippen MR) is 82.5 cm³/mol. The fraction of sp³-hybridized carbons (Fsp3) is 0.0625. The second-order valence-electron chi connectivity index (χ2n) is 4.73. The number of aromatic nitrogens is 1. The summed E-state index contributed by atoms with van der Waals surface area (Å²) in [4.78, 5) is 12.5. The molecule has 21 heavy (non-hydrogen) atoms. The molecule has 0 radical (unpaired) electrons. The van der Waals surface area contributed by atoms with Gasteiger partial charge in [-0.05, 0) is 30.3 Å². The lowest BCUT2D eigenvalue weighted by Crippen LogP contribution is -2.09. The first-order valence-corrected chi connectivity index (χ1v) is 6.78. The highest BCUT2D eigenvalue weighted by atomic mass is 35.5. The monoisotopic (exact) mass is 299 g/mol. The second-order valence-corrected chi connectivity index (χ2v) is 5.17. The number of rotatable bonds is 1. The van der Waals surface area contributed by atoms with Gasteiger partial charge in [0.15, 0.2) is 5.58 Å². The van der Waals surface area contributed by atoms with Crippen LogP contribution < -0.4 is 10.2 Å². The molecule has 0 unspecified atom stereocenters. The lowest BCUT2D eigenvalue weighted by atomic mass is 10.2. The van der Waals surface area contributed by atoms with E-state index in [9.17, 15) is 4.79 Å². The first-order chi connectivity index (χ1) is 10.2. The minimum absolute atomic E-state index is 0.195. The summed E-state index contributed by atoms with van der Waals surface area (Å²) in [5.41, 5.74) is 2.43. The largest absolute Gasteiger partial charge is 0.488 e. The van der Waals surface area contributed by atoms with Crippen molar-refractivity contribution >= 4 is 39.3 Å². The number of hydrogen-bond acceptors (Lipinski definition) is 3. The van der Waals surface area contributed by atoms with E-state index in [2.05, 4.69) is 0 Å². The third kappa shape index (κ3) is 1.59. The number of para-hydroxylation sites is 2. The molecule has 0 aliphatic carbocycles. The zero-order valence-electron chi connectivity index (χ0n) is 11.1. The SMILES string of the molecule is COc1c(=O)c2ccc(Cl)cc2n2c1oc1ccccc12. The summed E-state index contributed by atoms with van der Waals surface area (Å²) < 4.78 is 12.9. The maximum Gasteiger partial charge on any atom is 0.252 e. The summed E-state index contributed by atoms with van der Waals surface area (Å²) >= 11 is 6.09.